The summed E-state index contributed by atoms with van der Waals surface area (Å²) in [5.74, 6) is 0.377. The largest absolute Gasteiger partial charge is 0.444 e. The Labute approximate surface area is 263 Å². The van der Waals surface area contributed by atoms with Crippen molar-refractivity contribution in [2.24, 2.45) is 5.92 Å². The number of alkyl halides is 3. The standard InChI is InChI=1S/C32H37F4N5O3S/c1-17-15-40(30(43)44-31(3,4)5)18(2)14-39(17)28-23-11-24(32(34,35)36)25(20-6-8-21(33)9-7-20)27-26(23)41(29(42)38-28)22(16-45-27)10-19-12-37-13-19/h6-9,11,17-19,22,37H,10,12-16H2,1-5H3/t17-,18-,22-/m0/s1. The molecule has 1 amide bonds. The number of hydrogen-bond acceptors (Lipinski definition) is 7. The number of benzene rings is 2. The van der Waals surface area contributed by atoms with E-state index >= 15 is 0 Å². The van der Waals surface area contributed by atoms with Crippen LogP contribution in [0.15, 0.2) is 40.0 Å². The molecule has 3 aromatic rings. The Bertz CT molecular complexity index is 1680. The van der Waals surface area contributed by atoms with Crippen LogP contribution >= 0.6 is 11.8 Å². The van der Waals surface area contributed by atoms with E-state index in [9.17, 15) is 27.2 Å². The fraction of sp³-hybridized carbons (Fsp3) is 0.531. The summed E-state index contributed by atoms with van der Waals surface area (Å²) in [6.07, 6.45) is -4.51. The number of carbonyl (C=O) groups excluding carboxylic acids is 1. The molecule has 1 N–H and O–H groups in total. The maximum atomic E-state index is 14.9. The average molecular weight is 648 g/mol. The van der Waals surface area contributed by atoms with Crippen LogP contribution < -0.4 is 15.9 Å². The van der Waals surface area contributed by atoms with Crippen LogP contribution in [-0.4, -0.2) is 70.2 Å². The number of amides is 1. The zero-order valence-corrected chi connectivity index (χ0v) is 26.7. The van der Waals surface area contributed by atoms with Gasteiger partial charge in [-0.25, -0.2) is 14.0 Å². The number of anilines is 1. The Morgan fingerprint density at radius 3 is 2.38 bits per heavy atom. The molecule has 0 saturated carbocycles. The van der Waals surface area contributed by atoms with Crippen LogP contribution in [0.2, 0.25) is 0 Å². The van der Waals surface area contributed by atoms with Gasteiger partial charge in [0.05, 0.1) is 11.1 Å². The van der Waals surface area contributed by atoms with E-state index in [1.165, 1.54) is 23.9 Å². The molecule has 242 valence electrons. The maximum absolute atomic E-state index is 14.9. The van der Waals surface area contributed by atoms with Gasteiger partial charge in [-0.15, -0.1) is 11.8 Å². The lowest BCUT2D eigenvalue weighted by Crippen LogP contribution is -2.59. The molecule has 4 heterocycles. The number of rotatable bonds is 4. The summed E-state index contributed by atoms with van der Waals surface area (Å²) < 4.78 is 65.7. The van der Waals surface area contributed by atoms with E-state index in [2.05, 4.69) is 10.3 Å². The van der Waals surface area contributed by atoms with Gasteiger partial charge in [-0.1, -0.05) is 12.1 Å². The molecule has 2 aromatic carbocycles. The SMILES string of the molecule is C[C@H]1CN(c2nc(=O)n3c4c(c(-c5ccc(F)cc5)c(C(F)(F)F)cc24)SC[C@@H]3CC2CNC2)[C@@H](C)CN1C(=O)OC(C)(C)C. The minimum absolute atomic E-state index is 0.0646. The van der Waals surface area contributed by atoms with Gasteiger partial charge in [-0.2, -0.15) is 18.2 Å². The first kappa shape index (κ1) is 31.7. The highest BCUT2D eigenvalue weighted by molar-refractivity contribution is 7.99. The molecule has 45 heavy (non-hydrogen) atoms. The van der Waals surface area contributed by atoms with Crippen LogP contribution in [0.1, 0.15) is 52.6 Å². The molecule has 1 aromatic heterocycles. The zero-order chi connectivity index (χ0) is 32.4. The number of hydrogen-bond donors (Lipinski definition) is 1. The zero-order valence-electron chi connectivity index (χ0n) is 25.9. The highest BCUT2D eigenvalue weighted by atomic mass is 32.2. The van der Waals surface area contributed by atoms with E-state index in [4.69, 9.17) is 4.74 Å². The maximum Gasteiger partial charge on any atom is 0.417 e. The van der Waals surface area contributed by atoms with Gasteiger partial charge in [-0.05, 0) is 83.8 Å². The molecule has 13 heteroatoms. The topological polar surface area (TPSA) is 79.7 Å². The van der Waals surface area contributed by atoms with Crippen LogP contribution in [0, 0.1) is 11.7 Å². The van der Waals surface area contributed by atoms with Crippen molar-refractivity contribution < 1.29 is 27.1 Å². The molecule has 0 bridgehead atoms. The minimum Gasteiger partial charge on any atom is -0.444 e. The van der Waals surface area contributed by atoms with Crippen molar-refractivity contribution in [2.75, 3.05) is 36.8 Å². The fourth-order valence-corrected chi connectivity index (χ4v) is 7.87. The van der Waals surface area contributed by atoms with Gasteiger partial charge >= 0.3 is 18.0 Å². The molecule has 0 radical (unpaired) electrons. The first-order valence-corrected chi connectivity index (χ1v) is 16.2. The molecule has 0 aliphatic carbocycles. The summed E-state index contributed by atoms with van der Waals surface area (Å²) >= 11 is 1.31. The van der Waals surface area contributed by atoms with Crippen molar-refractivity contribution in [3.05, 3.63) is 52.2 Å². The molecule has 2 fully saturated rings. The molecule has 3 aliphatic rings. The van der Waals surface area contributed by atoms with Gasteiger partial charge < -0.3 is 19.9 Å². The number of nitrogens with zero attached hydrogens (tertiary/aromatic N) is 4. The molecular formula is C32H37F4N5O3S. The second-order valence-corrected chi connectivity index (χ2v) is 14.4. The first-order chi connectivity index (χ1) is 21.1. The fourth-order valence-electron chi connectivity index (χ4n) is 6.51. The monoisotopic (exact) mass is 647 g/mol. The predicted molar refractivity (Wildman–Crippen MR) is 166 cm³/mol. The molecular weight excluding hydrogens is 610 g/mol. The second kappa shape index (κ2) is 11.5. The Kier molecular flexibility index (Phi) is 8.08. The van der Waals surface area contributed by atoms with Gasteiger partial charge in [0, 0.05) is 52.8 Å². The number of aromatic nitrogens is 2. The predicted octanol–water partition coefficient (Wildman–Crippen LogP) is 6.31. The second-order valence-electron chi connectivity index (χ2n) is 13.3. The third kappa shape index (κ3) is 6.00. The van der Waals surface area contributed by atoms with Crippen LogP contribution in [0.3, 0.4) is 0 Å². The summed E-state index contributed by atoms with van der Waals surface area (Å²) in [5, 5.41) is 3.48. The summed E-state index contributed by atoms with van der Waals surface area (Å²) in [5.41, 5.74) is -1.50. The molecule has 3 aliphatic heterocycles. The Morgan fingerprint density at radius 2 is 1.78 bits per heavy atom. The minimum atomic E-state index is -4.74. The van der Waals surface area contributed by atoms with E-state index < -0.39 is 34.9 Å². The number of thioether (sulfide) groups is 1. The Balaban J connectivity index is 1.54. The highest BCUT2D eigenvalue weighted by Gasteiger charge is 2.41. The van der Waals surface area contributed by atoms with Crippen LogP contribution in [0.4, 0.5) is 28.2 Å². The summed E-state index contributed by atoms with van der Waals surface area (Å²) in [4.78, 5) is 35.2. The molecule has 6 rings (SSSR count). The first-order valence-electron chi connectivity index (χ1n) is 15.2. The smallest absolute Gasteiger partial charge is 0.417 e. The number of piperazine rings is 1. The van der Waals surface area contributed by atoms with E-state index in [-0.39, 0.29) is 53.5 Å². The Hall–Kier alpha value is -3.32. The normalized spacial score (nSPS) is 22.5. The Morgan fingerprint density at radius 1 is 1.09 bits per heavy atom. The quantitative estimate of drug-likeness (QED) is 0.333. The molecule has 2 saturated heterocycles. The van der Waals surface area contributed by atoms with Crippen molar-refractivity contribution in [2.45, 2.75) is 75.8 Å². The average Bonchev–Trinajstić information content (AvgIpc) is 2.92. The van der Waals surface area contributed by atoms with Crippen LogP contribution in [0.25, 0.3) is 22.0 Å². The van der Waals surface area contributed by atoms with E-state index in [1.807, 2.05) is 18.7 Å². The lowest BCUT2D eigenvalue weighted by atomic mass is 9.93. The lowest BCUT2D eigenvalue weighted by Gasteiger charge is -2.45. The van der Waals surface area contributed by atoms with Crippen LogP contribution in [0.5, 0.6) is 0 Å². The lowest BCUT2D eigenvalue weighted by molar-refractivity contribution is -0.137. The molecule has 8 nitrogen and oxygen atoms in total. The van der Waals surface area contributed by atoms with Gasteiger partial charge in [0.25, 0.3) is 0 Å². The third-order valence-electron chi connectivity index (χ3n) is 8.73. The van der Waals surface area contributed by atoms with Gasteiger partial charge in [0.2, 0.25) is 0 Å². The van der Waals surface area contributed by atoms with E-state index in [1.54, 1.807) is 30.2 Å². The van der Waals surface area contributed by atoms with Crippen molar-refractivity contribution in [1.29, 1.82) is 0 Å². The molecule has 0 spiro atoms. The van der Waals surface area contributed by atoms with Crippen molar-refractivity contribution in [3.63, 3.8) is 0 Å². The molecule has 3 atom stereocenters. The van der Waals surface area contributed by atoms with Gasteiger partial charge in [-0.3, -0.25) is 4.57 Å². The van der Waals surface area contributed by atoms with E-state index in [0.717, 1.165) is 31.3 Å². The number of ether oxygens (including phenoxy) is 1. The van der Waals surface area contributed by atoms with E-state index in [0.29, 0.717) is 28.5 Å². The van der Waals surface area contributed by atoms with Crippen molar-refractivity contribution in [1.82, 2.24) is 19.8 Å². The summed E-state index contributed by atoms with van der Waals surface area (Å²) in [6.45, 7) is 11.2. The number of halogens is 4. The van der Waals surface area contributed by atoms with Gasteiger partial charge in [0.1, 0.15) is 17.2 Å². The highest BCUT2D eigenvalue weighted by Crippen LogP contribution is 2.50. The van der Waals surface area contributed by atoms with Crippen molar-refractivity contribution >= 4 is 34.6 Å². The number of carbonyl (C=O) groups is 1. The van der Waals surface area contributed by atoms with Crippen LogP contribution in [-0.2, 0) is 10.9 Å². The van der Waals surface area contributed by atoms with Crippen molar-refractivity contribution in [3.8, 4) is 11.1 Å². The summed E-state index contributed by atoms with van der Waals surface area (Å²) in [6, 6.07) is 5.09. The number of nitrogens with one attached hydrogen (secondary N) is 1. The summed E-state index contributed by atoms with van der Waals surface area (Å²) in [7, 11) is 0. The van der Waals surface area contributed by atoms with Gasteiger partial charge in [0.15, 0.2) is 0 Å². The third-order valence-corrected chi connectivity index (χ3v) is 9.96. The molecule has 0 unspecified atom stereocenters.